The van der Waals surface area contributed by atoms with Crippen molar-refractivity contribution in [2.24, 2.45) is 11.1 Å². The van der Waals surface area contributed by atoms with Crippen molar-refractivity contribution in [2.75, 3.05) is 18.1 Å². The fourth-order valence-electron chi connectivity index (χ4n) is 1.58. The molecule has 0 aliphatic carbocycles. The zero-order chi connectivity index (χ0) is 9.41. The first-order valence-corrected chi connectivity index (χ1v) is 5.80. The van der Waals surface area contributed by atoms with Crippen molar-refractivity contribution in [3.8, 4) is 0 Å². The molecule has 4 nitrogen and oxygen atoms in total. The van der Waals surface area contributed by atoms with Gasteiger partial charge in [-0.05, 0) is 6.42 Å². The van der Waals surface area contributed by atoms with Crippen molar-refractivity contribution in [3.63, 3.8) is 0 Å². The van der Waals surface area contributed by atoms with Crippen molar-refractivity contribution < 1.29 is 13.5 Å². The van der Waals surface area contributed by atoms with Gasteiger partial charge in [-0.2, -0.15) is 0 Å². The van der Waals surface area contributed by atoms with Crippen LogP contribution in [0.4, 0.5) is 0 Å². The van der Waals surface area contributed by atoms with Crippen LogP contribution in [0.1, 0.15) is 13.3 Å². The third-order valence-corrected chi connectivity index (χ3v) is 4.49. The predicted molar refractivity (Wildman–Crippen MR) is 46.4 cm³/mol. The van der Waals surface area contributed by atoms with Crippen LogP contribution in [0.2, 0.25) is 0 Å². The summed E-state index contributed by atoms with van der Waals surface area (Å²) in [5, 5.41) is 9.46. The largest absolute Gasteiger partial charge is 0.391 e. The Morgan fingerprint density at radius 1 is 1.67 bits per heavy atom. The van der Waals surface area contributed by atoms with Crippen LogP contribution >= 0.6 is 0 Å². The highest BCUT2D eigenvalue weighted by atomic mass is 32.2. The SMILES string of the molecule is CC1(C(O)CN)CCS(=O)(=O)C1. The second kappa shape index (κ2) is 2.97. The van der Waals surface area contributed by atoms with Crippen LogP contribution in [0.15, 0.2) is 0 Å². The molecule has 0 spiro atoms. The van der Waals surface area contributed by atoms with E-state index in [1.54, 1.807) is 6.92 Å². The molecule has 1 saturated heterocycles. The highest BCUT2D eigenvalue weighted by Crippen LogP contribution is 2.34. The summed E-state index contributed by atoms with van der Waals surface area (Å²) in [6, 6.07) is 0. The molecule has 1 aliphatic rings. The molecular weight excluding hydrogens is 178 g/mol. The topological polar surface area (TPSA) is 80.4 Å². The van der Waals surface area contributed by atoms with Crippen LogP contribution in [0.25, 0.3) is 0 Å². The lowest BCUT2D eigenvalue weighted by Crippen LogP contribution is -2.38. The summed E-state index contributed by atoms with van der Waals surface area (Å²) in [7, 11) is -2.92. The highest BCUT2D eigenvalue weighted by molar-refractivity contribution is 7.91. The lowest BCUT2D eigenvalue weighted by atomic mass is 9.84. The van der Waals surface area contributed by atoms with E-state index in [4.69, 9.17) is 5.73 Å². The molecule has 2 atom stereocenters. The molecule has 0 aromatic carbocycles. The average Bonchev–Trinajstić information content (AvgIpc) is 2.25. The standard InChI is InChI=1S/C7H15NO3S/c1-7(6(9)4-8)2-3-12(10,11)5-7/h6,9H,2-5,8H2,1H3. The lowest BCUT2D eigenvalue weighted by Gasteiger charge is -2.27. The van der Waals surface area contributed by atoms with Gasteiger partial charge in [-0.3, -0.25) is 0 Å². The first kappa shape index (κ1) is 9.95. The van der Waals surface area contributed by atoms with Gasteiger partial charge < -0.3 is 10.8 Å². The van der Waals surface area contributed by atoms with Crippen molar-refractivity contribution in [1.29, 1.82) is 0 Å². The van der Waals surface area contributed by atoms with Crippen LogP contribution in [0.3, 0.4) is 0 Å². The van der Waals surface area contributed by atoms with Gasteiger partial charge >= 0.3 is 0 Å². The van der Waals surface area contributed by atoms with E-state index < -0.39 is 21.4 Å². The zero-order valence-corrected chi connectivity index (χ0v) is 7.97. The van der Waals surface area contributed by atoms with Crippen molar-refractivity contribution in [2.45, 2.75) is 19.4 Å². The Labute approximate surface area is 72.7 Å². The molecule has 0 radical (unpaired) electrons. The van der Waals surface area contributed by atoms with E-state index in [0.717, 1.165) is 0 Å². The molecule has 0 amide bonds. The summed E-state index contributed by atoms with van der Waals surface area (Å²) < 4.78 is 22.2. The van der Waals surface area contributed by atoms with Gasteiger partial charge in [-0.1, -0.05) is 6.92 Å². The van der Waals surface area contributed by atoms with E-state index in [0.29, 0.717) is 6.42 Å². The Balaban J connectivity index is 2.77. The molecule has 5 heteroatoms. The molecule has 12 heavy (non-hydrogen) atoms. The van der Waals surface area contributed by atoms with Gasteiger partial charge in [-0.15, -0.1) is 0 Å². The van der Waals surface area contributed by atoms with E-state index in [2.05, 4.69) is 0 Å². The highest BCUT2D eigenvalue weighted by Gasteiger charge is 2.42. The minimum Gasteiger partial charge on any atom is -0.391 e. The fraction of sp³-hybridized carbons (Fsp3) is 1.00. The minimum absolute atomic E-state index is 0.0678. The lowest BCUT2D eigenvalue weighted by molar-refractivity contribution is 0.0627. The monoisotopic (exact) mass is 193 g/mol. The summed E-state index contributed by atoms with van der Waals surface area (Å²) >= 11 is 0. The number of hydrogen-bond acceptors (Lipinski definition) is 4. The number of nitrogens with two attached hydrogens (primary N) is 1. The molecule has 0 aromatic heterocycles. The minimum atomic E-state index is -2.92. The third kappa shape index (κ3) is 1.78. The Morgan fingerprint density at radius 2 is 2.25 bits per heavy atom. The summed E-state index contributed by atoms with van der Waals surface area (Å²) in [6.07, 6.45) is -0.178. The van der Waals surface area contributed by atoms with Crippen LogP contribution < -0.4 is 5.73 Å². The number of hydrogen-bond donors (Lipinski definition) is 2. The van der Waals surface area contributed by atoms with Gasteiger partial charge in [0.2, 0.25) is 0 Å². The van der Waals surface area contributed by atoms with E-state index >= 15 is 0 Å². The van der Waals surface area contributed by atoms with Crippen LogP contribution in [0.5, 0.6) is 0 Å². The maximum atomic E-state index is 11.1. The van der Waals surface area contributed by atoms with Gasteiger partial charge in [0, 0.05) is 12.0 Å². The number of aliphatic hydroxyl groups is 1. The zero-order valence-electron chi connectivity index (χ0n) is 7.16. The third-order valence-electron chi connectivity index (χ3n) is 2.56. The molecule has 0 saturated carbocycles. The Morgan fingerprint density at radius 3 is 2.58 bits per heavy atom. The van der Waals surface area contributed by atoms with Crippen molar-refractivity contribution >= 4 is 9.84 Å². The number of rotatable bonds is 2. The first-order chi connectivity index (χ1) is 5.40. The summed E-state index contributed by atoms with van der Waals surface area (Å²) in [4.78, 5) is 0. The van der Waals surface area contributed by atoms with Gasteiger partial charge in [0.25, 0.3) is 0 Å². The summed E-state index contributed by atoms with van der Waals surface area (Å²) in [6.45, 7) is 1.90. The summed E-state index contributed by atoms with van der Waals surface area (Å²) in [5.74, 6) is 0.249. The number of aliphatic hydroxyl groups excluding tert-OH is 1. The molecule has 1 heterocycles. The summed E-state index contributed by atoms with van der Waals surface area (Å²) in [5.41, 5.74) is 4.76. The van der Waals surface area contributed by atoms with Crippen LogP contribution in [-0.4, -0.2) is 37.7 Å². The molecule has 72 valence electrons. The predicted octanol–water partition coefficient (Wildman–Crippen LogP) is -0.869. The molecule has 1 aliphatic heterocycles. The molecule has 0 aromatic rings. The van der Waals surface area contributed by atoms with Gasteiger partial charge in [0.15, 0.2) is 9.84 Å². The van der Waals surface area contributed by atoms with E-state index in [-0.39, 0.29) is 18.1 Å². The molecule has 0 bridgehead atoms. The van der Waals surface area contributed by atoms with Crippen LogP contribution in [0, 0.1) is 5.41 Å². The van der Waals surface area contributed by atoms with Gasteiger partial charge in [0.05, 0.1) is 17.6 Å². The molecule has 1 fully saturated rings. The molecular formula is C7H15NO3S. The molecule has 1 rings (SSSR count). The van der Waals surface area contributed by atoms with Gasteiger partial charge in [0.1, 0.15) is 0 Å². The van der Waals surface area contributed by atoms with E-state index in [9.17, 15) is 13.5 Å². The maximum absolute atomic E-state index is 11.1. The fourth-order valence-corrected chi connectivity index (χ4v) is 3.85. The second-order valence-electron chi connectivity index (χ2n) is 3.75. The number of sulfone groups is 1. The Hall–Kier alpha value is -0.130. The molecule has 2 unspecified atom stereocenters. The first-order valence-electron chi connectivity index (χ1n) is 3.98. The Kier molecular flexibility index (Phi) is 2.47. The van der Waals surface area contributed by atoms with Gasteiger partial charge in [-0.25, -0.2) is 8.42 Å². The average molecular weight is 193 g/mol. The smallest absolute Gasteiger partial charge is 0.150 e. The maximum Gasteiger partial charge on any atom is 0.150 e. The van der Waals surface area contributed by atoms with Crippen molar-refractivity contribution in [1.82, 2.24) is 0 Å². The second-order valence-corrected chi connectivity index (χ2v) is 5.93. The normalized spacial score (nSPS) is 36.6. The van der Waals surface area contributed by atoms with E-state index in [1.807, 2.05) is 0 Å². The van der Waals surface area contributed by atoms with Crippen LogP contribution in [-0.2, 0) is 9.84 Å². The molecule has 3 N–H and O–H groups in total. The van der Waals surface area contributed by atoms with E-state index in [1.165, 1.54) is 0 Å². The van der Waals surface area contributed by atoms with Crippen molar-refractivity contribution in [3.05, 3.63) is 0 Å². The quantitative estimate of drug-likeness (QED) is 0.597. The Bertz CT molecular complexity index is 262.